The van der Waals surface area contributed by atoms with E-state index in [1.165, 1.54) is 6.42 Å². The van der Waals surface area contributed by atoms with Crippen molar-refractivity contribution < 1.29 is 14.3 Å². The SMILES string of the molecule is CC1CCC(CNC2CCCN(C(=O)OC(C)(C)C)CC2)O1. The minimum absolute atomic E-state index is 0.180. The van der Waals surface area contributed by atoms with E-state index in [-0.39, 0.29) is 6.09 Å². The minimum atomic E-state index is -0.419. The molecule has 2 aliphatic heterocycles. The van der Waals surface area contributed by atoms with Crippen LogP contribution in [0, 0.1) is 0 Å². The maximum atomic E-state index is 12.1. The summed E-state index contributed by atoms with van der Waals surface area (Å²) in [6.45, 7) is 10.4. The Hall–Kier alpha value is -0.810. The van der Waals surface area contributed by atoms with Gasteiger partial charge in [0.05, 0.1) is 12.2 Å². The van der Waals surface area contributed by atoms with E-state index in [4.69, 9.17) is 9.47 Å². The monoisotopic (exact) mass is 312 g/mol. The van der Waals surface area contributed by atoms with Crippen LogP contribution in [-0.2, 0) is 9.47 Å². The molecule has 0 aromatic rings. The molecule has 0 aromatic heterocycles. The Morgan fingerprint density at radius 1 is 1.23 bits per heavy atom. The fourth-order valence-electron chi connectivity index (χ4n) is 3.14. The van der Waals surface area contributed by atoms with Crippen LogP contribution in [0.15, 0.2) is 0 Å². The second kappa shape index (κ2) is 7.64. The molecule has 0 aromatic carbocycles. The lowest BCUT2D eigenvalue weighted by atomic mass is 10.1. The summed E-state index contributed by atoms with van der Waals surface area (Å²) in [4.78, 5) is 14.0. The largest absolute Gasteiger partial charge is 0.444 e. The standard InChI is InChI=1S/C17H32N2O3/c1-13-7-8-15(21-13)12-18-14-6-5-10-19(11-9-14)16(20)22-17(2,3)4/h13-15,18H,5-12H2,1-4H3. The number of nitrogens with zero attached hydrogens (tertiary/aromatic N) is 1. The van der Waals surface area contributed by atoms with Crippen LogP contribution in [0.25, 0.3) is 0 Å². The number of hydrogen-bond donors (Lipinski definition) is 1. The number of carbonyl (C=O) groups is 1. The van der Waals surface area contributed by atoms with Gasteiger partial charge in [0.15, 0.2) is 0 Å². The van der Waals surface area contributed by atoms with Crippen molar-refractivity contribution in [2.75, 3.05) is 19.6 Å². The Labute approximate surface area is 134 Å². The van der Waals surface area contributed by atoms with Gasteiger partial charge in [0, 0.05) is 25.7 Å². The summed E-state index contributed by atoms with van der Waals surface area (Å²) in [7, 11) is 0. The first kappa shape index (κ1) is 17.5. The van der Waals surface area contributed by atoms with E-state index < -0.39 is 5.60 Å². The zero-order valence-corrected chi connectivity index (χ0v) is 14.6. The second-order valence-corrected chi connectivity index (χ2v) is 7.65. The van der Waals surface area contributed by atoms with Gasteiger partial charge >= 0.3 is 6.09 Å². The number of nitrogens with one attached hydrogen (secondary N) is 1. The summed E-state index contributed by atoms with van der Waals surface area (Å²) in [5.41, 5.74) is -0.419. The molecule has 3 atom stereocenters. The van der Waals surface area contributed by atoms with Gasteiger partial charge in [-0.25, -0.2) is 4.79 Å². The highest BCUT2D eigenvalue weighted by molar-refractivity contribution is 5.68. The number of likely N-dealkylation sites (tertiary alicyclic amines) is 1. The zero-order chi connectivity index (χ0) is 16.2. The molecule has 0 saturated carbocycles. The van der Waals surface area contributed by atoms with Crippen LogP contribution in [-0.4, -0.2) is 54.5 Å². The molecule has 2 rings (SSSR count). The van der Waals surface area contributed by atoms with Crippen LogP contribution in [0.5, 0.6) is 0 Å². The number of rotatable bonds is 3. The van der Waals surface area contributed by atoms with Crippen molar-refractivity contribution in [3.8, 4) is 0 Å². The van der Waals surface area contributed by atoms with Crippen LogP contribution in [0.2, 0.25) is 0 Å². The van der Waals surface area contributed by atoms with Gasteiger partial charge in [0.25, 0.3) is 0 Å². The van der Waals surface area contributed by atoms with Crippen LogP contribution < -0.4 is 5.32 Å². The Bertz CT molecular complexity index is 367. The molecule has 5 nitrogen and oxygen atoms in total. The van der Waals surface area contributed by atoms with E-state index in [9.17, 15) is 4.79 Å². The zero-order valence-electron chi connectivity index (χ0n) is 14.6. The average Bonchev–Trinajstić information content (AvgIpc) is 2.69. The van der Waals surface area contributed by atoms with Gasteiger partial charge in [-0.05, 0) is 59.8 Å². The number of amides is 1. The van der Waals surface area contributed by atoms with Gasteiger partial charge < -0.3 is 19.7 Å². The molecular weight excluding hydrogens is 280 g/mol. The van der Waals surface area contributed by atoms with Gasteiger partial charge in [-0.2, -0.15) is 0 Å². The molecule has 0 spiro atoms. The minimum Gasteiger partial charge on any atom is -0.444 e. The smallest absolute Gasteiger partial charge is 0.410 e. The summed E-state index contributed by atoms with van der Waals surface area (Å²) in [6.07, 6.45) is 6.04. The predicted octanol–water partition coefficient (Wildman–Crippen LogP) is 2.93. The third kappa shape index (κ3) is 5.76. The van der Waals surface area contributed by atoms with Gasteiger partial charge in [0.2, 0.25) is 0 Å². The lowest BCUT2D eigenvalue weighted by Gasteiger charge is -2.26. The molecule has 2 aliphatic rings. The molecule has 5 heteroatoms. The highest BCUT2D eigenvalue weighted by Gasteiger charge is 2.26. The Kier molecular flexibility index (Phi) is 6.09. The lowest BCUT2D eigenvalue weighted by molar-refractivity contribution is 0.0254. The number of carbonyl (C=O) groups excluding carboxylic acids is 1. The molecule has 0 aliphatic carbocycles. The summed E-state index contributed by atoms with van der Waals surface area (Å²) in [6, 6.07) is 0.479. The van der Waals surface area contributed by atoms with Crippen LogP contribution in [0.4, 0.5) is 4.79 Å². The van der Waals surface area contributed by atoms with Crippen LogP contribution >= 0.6 is 0 Å². The Morgan fingerprint density at radius 2 is 2.00 bits per heavy atom. The predicted molar refractivity (Wildman–Crippen MR) is 87.0 cm³/mol. The fraction of sp³-hybridized carbons (Fsp3) is 0.941. The normalized spacial score (nSPS) is 30.2. The van der Waals surface area contributed by atoms with Crippen molar-refractivity contribution in [2.45, 2.75) is 83.6 Å². The molecule has 3 unspecified atom stereocenters. The molecule has 2 fully saturated rings. The van der Waals surface area contributed by atoms with E-state index >= 15 is 0 Å². The maximum absolute atomic E-state index is 12.1. The van der Waals surface area contributed by atoms with Crippen molar-refractivity contribution in [1.29, 1.82) is 0 Å². The van der Waals surface area contributed by atoms with Gasteiger partial charge in [-0.15, -0.1) is 0 Å². The molecule has 1 amide bonds. The fourth-order valence-corrected chi connectivity index (χ4v) is 3.14. The van der Waals surface area contributed by atoms with Crippen molar-refractivity contribution in [2.24, 2.45) is 0 Å². The average molecular weight is 312 g/mol. The number of hydrogen-bond acceptors (Lipinski definition) is 4. The van der Waals surface area contributed by atoms with E-state index in [2.05, 4.69) is 12.2 Å². The molecule has 128 valence electrons. The molecule has 1 N–H and O–H groups in total. The van der Waals surface area contributed by atoms with Crippen molar-refractivity contribution in [1.82, 2.24) is 10.2 Å². The Morgan fingerprint density at radius 3 is 2.64 bits per heavy atom. The molecular formula is C17H32N2O3. The third-order valence-corrected chi connectivity index (χ3v) is 4.33. The van der Waals surface area contributed by atoms with Crippen molar-refractivity contribution in [3.63, 3.8) is 0 Å². The van der Waals surface area contributed by atoms with Gasteiger partial charge in [0.1, 0.15) is 5.60 Å². The maximum Gasteiger partial charge on any atom is 0.410 e. The first-order chi connectivity index (χ1) is 10.3. The number of ether oxygens (including phenoxy) is 2. The Balaban J connectivity index is 1.71. The van der Waals surface area contributed by atoms with Gasteiger partial charge in [-0.1, -0.05) is 0 Å². The highest BCUT2D eigenvalue weighted by Crippen LogP contribution is 2.19. The molecule has 2 saturated heterocycles. The summed E-state index contributed by atoms with van der Waals surface area (Å²) in [5, 5.41) is 3.63. The van der Waals surface area contributed by atoms with Gasteiger partial charge in [-0.3, -0.25) is 0 Å². The first-order valence-electron chi connectivity index (χ1n) is 8.70. The second-order valence-electron chi connectivity index (χ2n) is 7.65. The molecule has 2 heterocycles. The van der Waals surface area contributed by atoms with Crippen molar-refractivity contribution >= 4 is 6.09 Å². The first-order valence-corrected chi connectivity index (χ1v) is 8.70. The highest BCUT2D eigenvalue weighted by atomic mass is 16.6. The topological polar surface area (TPSA) is 50.8 Å². The molecule has 0 bridgehead atoms. The lowest BCUT2D eigenvalue weighted by Crippen LogP contribution is -2.39. The molecule has 0 radical (unpaired) electrons. The van der Waals surface area contributed by atoms with E-state index in [1.54, 1.807) is 0 Å². The summed E-state index contributed by atoms with van der Waals surface area (Å²) >= 11 is 0. The van der Waals surface area contributed by atoms with E-state index in [1.807, 2.05) is 25.7 Å². The summed E-state index contributed by atoms with van der Waals surface area (Å²) in [5.74, 6) is 0. The van der Waals surface area contributed by atoms with Crippen LogP contribution in [0.3, 0.4) is 0 Å². The van der Waals surface area contributed by atoms with E-state index in [0.29, 0.717) is 18.2 Å². The molecule has 22 heavy (non-hydrogen) atoms. The van der Waals surface area contributed by atoms with E-state index in [0.717, 1.165) is 45.3 Å². The third-order valence-electron chi connectivity index (χ3n) is 4.33. The van der Waals surface area contributed by atoms with Crippen molar-refractivity contribution in [3.05, 3.63) is 0 Å². The van der Waals surface area contributed by atoms with Crippen LogP contribution in [0.1, 0.15) is 59.8 Å². The summed E-state index contributed by atoms with van der Waals surface area (Å²) < 4.78 is 11.3. The quantitative estimate of drug-likeness (QED) is 0.870.